The molecule has 0 saturated carbocycles. The van der Waals surface area contributed by atoms with Gasteiger partial charge in [-0.2, -0.15) is 0 Å². The zero-order valence-electron chi connectivity index (χ0n) is 14.1. The summed E-state index contributed by atoms with van der Waals surface area (Å²) in [4.78, 5) is 22.5. The molecule has 9 heteroatoms. The smallest absolute Gasteiger partial charge is 0.303 e. The van der Waals surface area contributed by atoms with Crippen molar-refractivity contribution in [1.29, 1.82) is 0 Å². The number of carboxylic acid groups (broad SMARTS) is 1. The Balaban J connectivity index is 1.82. The topological polar surface area (TPSA) is 110 Å². The van der Waals surface area contributed by atoms with Gasteiger partial charge < -0.3 is 15.2 Å². The van der Waals surface area contributed by atoms with Gasteiger partial charge in [0.2, 0.25) is 0 Å². The van der Waals surface area contributed by atoms with E-state index in [1.807, 2.05) is 0 Å². The zero-order chi connectivity index (χ0) is 19.2. The van der Waals surface area contributed by atoms with Gasteiger partial charge in [0.25, 0.3) is 5.91 Å². The van der Waals surface area contributed by atoms with Crippen LogP contribution >= 0.6 is 11.3 Å². The predicted octanol–water partition coefficient (Wildman–Crippen LogP) is 2.33. The second-order valence-electron chi connectivity index (χ2n) is 5.60. The van der Waals surface area contributed by atoms with E-state index in [1.165, 1.54) is 11.4 Å². The molecule has 0 aliphatic rings. The Morgan fingerprint density at radius 2 is 1.92 bits per heavy atom. The Kier molecular flexibility index (Phi) is 6.76. The van der Waals surface area contributed by atoms with Crippen LogP contribution in [-0.4, -0.2) is 38.3 Å². The first kappa shape index (κ1) is 19.9. The van der Waals surface area contributed by atoms with E-state index in [1.54, 1.807) is 24.3 Å². The Hall–Kier alpha value is -2.39. The summed E-state index contributed by atoms with van der Waals surface area (Å²) in [6.07, 6.45) is 1.60. The number of ether oxygens (including phenoxy) is 1. The second kappa shape index (κ2) is 8.81. The van der Waals surface area contributed by atoms with Gasteiger partial charge in [-0.3, -0.25) is 9.59 Å². The lowest BCUT2D eigenvalue weighted by Crippen LogP contribution is -2.22. The van der Waals surface area contributed by atoms with E-state index in [4.69, 9.17) is 9.84 Å². The van der Waals surface area contributed by atoms with Gasteiger partial charge in [-0.15, -0.1) is 11.3 Å². The van der Waals surface area contributed by atoms with Crippen molar-refractivity contribution in [2.45, 2.75) is 23.6 Å². The molecule has 2 rings (SSSR count). The molecule has 26 heavy (non-hydrogen) atoms. The van der Waals surface area contributed by atoms with Crippen molar-refractivity contribution in [3.8, 4) is 5.75 Å². The van der Waals surface area contributed by atoms with Crippen LogP contribution in [0.3, 0.4) is 0 Å². The SMILES string of the molecule is CS(=O)(=O)c1cc(C(=O)NCc2ccc(OCCCC(=O)O)cc2)cs1. The lowest BCUT2D eigenvalue weighted by atomic mass is 10.2. The first-order valence-electron chi connectivity index (χ1n) is 7.76. The maximum Gasteiger partial charge on any atom is 0.303 e. The van der Waals surface area contributed by atoms with Crippen LogP contribution in [0.25, 0.3) is 0 Å². The molecule has 0 aliphatic heterocycles. The van der Waals surface area contributed by atoms with Gasteiger partial charge in [0, 0.05) is 24.6 Å². The van der Waals surface area contributed by atoms with Gasteiger partial charge in [0.05, 0.1) is 12.2 Å². The van der Waals surface area contributed by atoms with Crippen LogP contribution in [0.15, 0.2) is 39.9 Å². The third-order valence-electron chi connectivity index (χ3n) is 3.38. The van der Waals surface area contributed by atoms with Crippen LogP contribution in [0.5, 0.6) is 5.75 Å². The fourth-order valence-electron chi connectivity index (χ4n) is 2.03. The van der Waals surface area contributed by atoms with Crippen molar-refractivity contribution in [1.82, 2.24) is 5.32 Å². The van der Waals surface area contributed by atoms with Crippen molar-refractivity contribution >= 4 is 33.1 Å². The van der Waals surface area contributed by atoms with Crippen molar-refractivity contribution < 1.29 is 27.9 Å². The average molecular weight is 397 g/mol. The maximum absolute atomic E-state index is 12.1. The fraction of sp³-hybridized carbons (Fsp3) is 0.294. The molecular formula is C17H19NO6S2. The van der Waals surface area contributed by atoms with Gasteiger partial charge in [-0.05, 0) is 30.2 Å². The van der Waals surface area contributed by atoms with Crippen molar-refractivity contribution in [3.63, 3.8) is 0 Å². The van der Waals surface area contributed by atoms with Gasteiger partial charge in [0.15, 0.2) is 9.84 Å². The second-order valence-corrected chi connectivity index (χ2v) is 8.75. The van der Waals surface area contributed by atoms with E-state index in [0.29, 0.717) is 30.9 Å². The van der Waals surface area contributed by atoms with Gasteiger partial charge in [-0.1, -0.05) is 12.1 Å². The number of thiophene rings is 1. The summed E-state index contributed by atoms with van der Waals surface area (Å²) < 4.78 is 28.5. The van der Waals surface area contributed by atoms with E-state index in [-0.39, 0.29) is 16.5 Å². The largest absolute Gasteiger partial charge is 0.494 e. The third kappa shape index (κ3) is 6.16. The molecule has 2 aromatic rings. The summed E-state index contributed by atoms with van der Waals surface area (Å²) >= 11 is 1.02. The summed E-state index contributed by atoms with van der Waals surface area (Å²) in [5, 5.41) is 12.8. The third-order valence-corrected chi connectivity index (χ3v) is 6.15. The first-order valence-corrected chi connectivity index (χ1v) is 10.5. The quantitative estimate of drug-likeness (QED) is 0.629. The molecule has 1 aromatic heterocycles. The number of sulfone groups is 1. The van der Waals surface area contributed by atoms with Gasteiger partial charge in [0.1, 0.15) is 9.96 Å². The number of carbonyl (C=O) groups excluding carboxylic acids is 1. The molecule has 0 fully saturated rings. The molecule has 7 nitrogen and oxygen atoms in total. The average Bonchev–Trinajstić information content (AvgIpc) is 3.08. The van der Waals surface area contributed by atoms with Crippen LogP contribution in [-0.2, 0) is 21.2 Å². The number of amides is 1. The normalized spacial score (nSPS) is 11.1. The highest BCUT2D eigenvalue weighted by Gasteiger charge is 2.14. The predicted molar refractivity (Wildman–Crippen MR) is 97.4 cm³/mol. The summed E-state index contributed by atoms with van der Waals surface area (Å²) in [5.74, 6) is -0.569. The summed E-state index contributed by atoms with van der Waals surface area (Å²) in [7, 11) is -3.31. The molecule has 0 radical (unpaired) electrons. The van der Waals surface area contributed by atoms with E-state index >= 15 is 0 Å². The fourth-order valence-corrected chi connectivity index (χ4v) is 3.83. The number of rotatable bonds is 9. The van der Waals surface area contributed by atoms with Crippen molar-refractivity contribution in [3.05, 3.63) is 46.8 Å². The van der Waals surface area contributed by atoms with E-state index < -0.39 is 15.8 Å². The number of aliphatic carboxylic acids is 1. The number of benzene rings is 1. The number of carboxylic acids is 1. The molecular weight excluding hydrogens is 378 g/mol. The molecule has 0 aliphatic carbocycles. The Morgan fingerprint density at radius 3 is 2.50 bits per heavy atom. The Morgan fingerprint density at radius 1 is 1.23 bits per heavy atom. The summed E-state index contributed by atoms with van der Waals surface area (Å²) in [6, 6.07) is 8.44. The van der Waals surface area contributed by atoms with Gasteiger partial charge >= 0.3 is 5.97 Å². The number of hydrogen-bond donors (Lipinski definition) is 2. The Labute approximate surface area is 155 Å². The summed E-state index contributed by atoms with van der Waals surface area (Å²) in [6.45, 7) is 0.616. The van der Waals surface area contributed by atoms with E-state index in [2.05, 4.69) is 5.32 Å². The molecule has 0 saturated heterocycles. The summed E-state index contributed by atoms with van der Waals surface area (Å²) in [5.41, 5.74) is 1.17. The molecule has 2 N–H and O–H groups in total. The van der Waals surface area contributed by atoms with Crippen LogP contribution in [0, 0.1) is 0 Å². The van der Waals surface area contributed by atoms with Crippen LogP contribution in [0.2, 0.25) is 0 Å². The molecule has 140 valence electrons. The highest BCUT2D eigenvalue weighted by Crippen LogP contribution is 2.20. The van der Waals surface area contributed by atoms with Crippen LogP contribution < -0.4 is 10.1 Å². The Bertz CT molecular complexity index is 871. The van der Waals surface area contributed by atoms with Gasteiger partial charge in [-0.25, -0.2) is 8.42 Å². The molecule has 0 unspecified atom stereocenters. The first-order chi connectivity index (χ1) is 12.3. The minimum absolute atomic E-state index is 0.0632. The highest BCUT2D eigenvalue weighted by atomic mass is 32.2. The van der Waals surface area contributed by atoms with E-state index in [9.17, 15) is 18.0 Å². The molecule has 0 spiro atoms. The molecule has 1 amide bonds. The van der Waals surface area contributed by atoms with Crippen LogP contribution in [0.1, 0.15) is 28.8 Å². The molecule has 1 heterocycles. The molecule has 1 aromatic carbocycles. The van der Waals surface area contributed by atoms with Crippen LogP contribution in [0.4, 0.5) is 0 Å². The highest BCUT2D eigenvalue weighted by molar-refractivity contribution is 7.92. The monoisotopic (exact) mass is 397 g/mol. The molecule has 0 atom stereocenters. The number of carbonyl (C=O) groups is 2. The standard InChI is InChI=1S/C17H19NO6S2/c1-26(22,23)16-9-13(11-25-16)17(21)18-10-12-4-6-14(7-5-12)24-8-2-3-15(19)20/h4-7,9,11H,2-3,8,10H2,1H3,(H,18,21)(H,19,20). The van der Waals surface area contributed by atoms with Crippen molar-refractivity contribution in [2.75, 3.05) is 12.9 Å². The molecule has 0 bridgehead atoms. The number of nitrogens with one attached hydrogen (secondary N) is 1. The minimum atomic E-state index is -3.31. The van der Waals surface area contributed by atoms with E-state index in [0.717, 1.165) is 23.2 Å². The van der Waals surface area contributed by atoms with Crippen molar-refractivity contribution in [2.24, 2.45) is 0 Å². The minimum Gasteiger partial charge on any atom is -0.494 e. The zero-order valence-corrected chi connectivity index (χ0v) is 15.7. The maximum atomic E-state index is 12.1. The number of hydrogen-bond acceptors (Lipinski definition) is 6. The lowest BCUT2D eigenvalue weighted by molar-refractivity contribution is -0.137. The lowest BCUT2D eigenvalue weighted by Gasteiger charge is -2.07.